The molecular formula is C23H25F3N4O3. The number of carbonyl (C=O) groups is 3. The van der Waals surface area contributed by atoms with Crippen LogP contribution in [0.5, 0.6) is 0 Å². The van der Waals surface area contributed by atoms with E-state index in [9.17, 15) is 27.6 Å². The second-order valence-corrected chi connectivity index (χ2v) is 7.92. The molecular weight excluding hydrogens is 437 g/mol. The topological polar surface area (TPSA) is 90.5 Å². The smallest absolute Gasteiger partial charge is 0.349 e. The molecule has 0 atom stereocenters. The first kappa shape index (κ1) is 24.2. The minimum atomic E-state index is -4.58. The van der Waals surface area contributed by atoms with Gasteiger partial charge in [0.1, 0.15) is 0 Å². The van der Waals surface area contributed by atoms with Gasteiger partial charge in [-0.25, -0.2) is 0 Å². The molecule has 0 aliphatic heterocycles. The molecule has 1 saturated carbocycles. The summed E-state index contributed by atoms with van der Waals surface area (Å²) >= 11 is 0. The summed E-state index contributed by atoms with van der Waals surface area (Å²) in [4.78, 5) is 38.4. The van der Waals surface area contributed by atoms with Crippen LogP contribution in [0, 0.1) is 0 Å². The van der Waals surface area contributed by atoms with Gasteiger partial charge in [0.05, 0.1) is 29.0 Å². The fraction of sp³-hybridized carbons (Fsp3) is 0.348. The molecule has 3 rings (SSSR count). The van der Waals surface area contributed by atoms with E-state index in [-0.39, 0.29) is 43.1 Å². The molecule has 1 fully saturated rings. The van der Waals surface area contributed by atoms with Crippen molar-refractivity contribution in [3.63, 3.8) is 0 Å². The number of alkyl halides is 3. The van der Waals surface area contributed by atoms with Crippen LogP contribution in [0.3, 0.4) is 0 Å². The van der Waals surface area contributed by atoms with Gasteiger partial charge in [0.25, 0.3) is 5.91 Å². The van der Waals surface area contributed by atoms with Gasteiger partial charge in [0.2, 0.25) is 11.8 Å². The maximum Gasteiger partial charge on any atom is 0.418 e. The van der Waals surface area contributed by atoms with Crippen molar-refractivity contribution in [1.82, 2.24) is 10.2 Å². The molecule has 0 heterocycles. The molecule has 1 aliphatic rings. The number of anilines is 2. The molecule has 0 unspecified atom stereocenters. The molecule has 0 saturated heterocycles. The van der Waals surface area contributed by atoms with Crippen LogP contribution in [-0.4, -0.2) is 48.8 Å². The number of rotatable bonds is 9. The standard InChI is InChI=1S/C23H25F3N4O3/c1-30(14-21(32)29-19-9-5-3-7-17(19)23(24,25)26)13-12-20(31)28-18-8-4-2-6-16(18)22(33)27-15-10-11-15/h2-9,15H,10-14H2,1H3,(H,27,33)(H,28,31)(H,29,32). The number of nitrogens with one attached hydrogen (secondary N) is 3. The first-order valence-corrected chi connectivity index (χ1v) is 10.5. The molecule has 3 amide bonds. The third-order valence-corrected chi connectivity index (χ3v) is 5.00. The average molecular weight is 462 g/mol. The van der Waals surface area contributed by atoms with E-state index in [0.717, 1.165) is 18.9 Å². The molecule has 0 radical (unpaired) electrons. The van der Waals surface area contributed by atoms with E-state index in [1.54, 1.807) is 31.3 Å². The van der Waals surface area contributed by atoms with E-state index < -0.39 is 17.6 Å². The Morgan fingerprint density at radius 2 is 1.55 bits per heavy atom. The number of hydrogen-bond acceptors (Lipinski definition) is 4. The van der Waals surface area contributed by atoms with E-state index in [1.807, 2.05) is 0 Å². The first-order chi connectivity index (χ1) is 15.6. The van der Waals surface area contributed by atoms with Gasteiger partial charge in [-0.2, -0.15) is 13.2 Å². The lowest BCUT2D eigenvalue weighted by molar-refractivity contribution is -0.137. The maximum atomic E-state index is 13.1. The van der Waals surface area contributed by atoms with Gasteiger partial charge in [-0.05, 0) is 44.2 Å². The summed E-state index contributed by atoms with van der Waals surface area (Å²) in [6, 6.07) is 11.6. The molecule has 0 spiro atoms. The second kappa shape index (κ2) is 10.5. The van der Waals surface area contributed by atoms with E-state index in [1.165, 1.54) is 23.1 Å². The summed E-state index contributed by atoms with van der Waals surface area (Å²) in [5.74, 6) is -1.23. The highest BCUT2D eigenvalue weighted by Gasteiger charge is 2.33. The van der Waals surface area contributed by atoms with Crippen molar-refractivity contribution in [2.24, 2.45) is 0 Å². The van der Waals surface area contributed by atoms with Crippen molar-refractivity contribution < 1.29 is 27.6 Å². The van der Waals surface area contributed by atoms with E-state index in [0.29, 0.717) is 11.3 Å². The fourth-order valence-electron chi connectivity index (χ4n) is 3.14. The lowest BCUT2D eigenvalue weighted by Gasteiger charge is -2.18. The molecule has 176 valence electrons. The lowest BCUT2D eigenvalue weighted by Crippen LogP contribution is -2.33. The maximum absolute atomic E-state index is 13.1. The first-order valence-electron chi connectivity index (χ1n) is 10.5. The highest BCUT2D eigenvalue weighted by molar-refractivity contribution is 6.04. The van der Waals surface area contributed by atoms with Gasteiger partial charge in [-0.15, -0.1) is 0 Å². The van der Waals surface area contributed by atoms with Gasteiger partial charge in [-0.3, -0.25) is 19.3 Å². The Kier molecular flexibility index (Phi) is 7.70. The van der Waals surface area contributed by atoms with Crippen molar-refractivity contribution in [1.29, 1.82) is 0 Å². The third kappa shape index (κ3) is 7.31. The van der Waals surface area contributed by atoms with Crippen LogP contribution in [0.15, 0.2) is 48.5 Å². The van der Waals surface area contributed by atoms with Crippen molar-refractivity contribution in [2.75, 3.05) is 30.8 Å². The van der Waals surface area contributed by atoms with Crippen molar-refractivity contribution in [2.45, 2.75) is 31.5 Å². The Balaban J connectivity index is 1.48. The Hall–Kier alpha value is -3.40. The number of amides is 3. The molecule has 1 aliphatic carbocycles. The van der Waals surface area contributed by atoms with Crippen molar-refractivity contribution >= 4 is 29.1 Å². The lowest BCUT2D eigenvalue weighted by atomic mass is 10.1. The fourth-order valence-corrected chi connectivity index (χ4v) is 3.14. The number of likely N-dealkylation sites (N-methyl/N-ethyl adjacent to an activating group) is 1. The Morgan fingerprint density at radius 3 is 2.21 bits per heavy atom. The quantitative estimate of drug-likeness (QED) is 0.532. The summed E-state index contributed by atoms with van der Waals surface area (Å²) in [6.07, 6.45) is -2.66. The van der Waals surface area contributed by atoms with E-state index in [2.05, 4.69) is 16.0 Å². The summed E-state index contributed by atoms with van der Waals surface area (Å²) < 4.78 is 39.2. The number of halogens is 3. The predicted molar refractivity (Wildman–Crippen MR) is 118 cm³/mol. The van der Waals surface area contributed by atoms with E-state index >= 15 is 0 Å². The SMILES string of the molecule is CN(CCC(=O)Nc1ccccc1C(=O)NC1CC1)CC(=O)Nc1ccccc1C(F)(F)F. The summed E-state index contributed by atoms with van der Waals surface area (Å²) in [5, 5.41) is 7.85. The van der Waals surface area contributed by atoms with Gasteiger partial charge in [0, 0.05) is 19.0 Å². The molecule has 2 aromatic carbocycles. The Labute approximate surface area is 189 Å². The zero-order valence-corrected chi connectivity index (χ0v) is 18.0. The van der Waals surface area contributed by atoms with E-state index in [4.69, 9.17) is 0 Å². The van der Waals surface area contributed by atoms with Crippen LogP contribution in [0.25, 0.3) is 0 Å². The zero-order chi connectivity index (χ0) is 24.0. The normalized spacial score (nSPS) is 13.5. The van der Waals surface area contributed by atoms with Gasteiger partial charge in [-0.1, -0.05) is 24.3 Å². The molecule has 0 aromatic heterocycles. The Bertz CT molecular complexity index is 1020. The highest BCUT2D eigenvalue weighted by Crippen LogP contribution is 2.34. The van der Waals surface area contributed by atoms with Crippen molar-refractivity contribution in [3.05, 3.63) is 59.7 Å². The van der Waals surface area contributed by atoms with Crippen LogP contribution in [0.1, 0.15) is 35.2 Å². The molecule has 33 heavy (non-hydrogen) atoms. The summed E-state index contributed by atoms with van der Waals surface area (Å²) in [6.45, 7) is -0.00351. The van der Waals surface area contributed by atoms with Crippen molar-refractivity contribution in [3.8, 4) is 0 Å². The largest absolute Gasteiger partial charge is 0.418 e. The monoisotopic (exact) mass is 462 g/mol. The summed E-state index contributed by atoms with van der Waals surface area (Å²) in [7, 11) is 1.58. The minimum absolute atomic E-state index is 0.0293. The van der Waals surface area contributed by atoms with Gasteiger partial charge >= 0.3 is 6.18 Å². The molecule has 10 heteroatoms. The molecule has 2 aromatic rings. The predicted octanol–water partition coefficient (Wildman–Crippen LogP) is 3.50. The zero-order valence-electron chi connectivity index (χ0n) is 18.0. The van der Waals surface area contributed by atoms with Crippen LogP contribution < -0.4 is 16.0 Å². The van der Waals surface area contributed by atoms with Crippen LogP contribution >= 0.6 is 0 Å². The Morgan fingerprint density at radius 1 is 0.939 bits per heavy atom. The number of nitrogens with zero attached hydrogens (tertiary/aromatic N) is 1. The number of hydrogen-bond donors (Lipinski definition) is 3. The third-order valence-electron chi connectivity index (χ3n) is 5.00. The number of carbonyl (C=O) groups excluding carboxylic acids is 3. The second-order valence-electron chi connectivity index (χ2n) is 7.92. The highest BCUT2D eigenvalue weighted by atomic mass is 19.4. The molecule has 0 bridgehead atoms. The van der Waals surface area contributed by atoms with Gasteiger partial charge in [0.15, 0.2) is 0 Å². The number of benzene rings is 2. The van der Waals surface area contributed by atoms with Crippen LogP contribution in [-0.2, 0) is 15.8 Å². The number of para-hydroxylation sites is 2. The molecule has 3 N–H and O–H groups in total. The molecule has 7 nitrogen and oxygen atoms in total. The minimum Gasteiger partial charge on any atom is -0.349 e. The van der Waals surface area contributed by atoms with Gasteiger partial charge < -0.3 is 16.0 Å². The van der Waals surface area contributed by atoms with Crippen LogP contribution in [0.4, 0.5) is 24.5 Å². The summed E-state index contributed by atoms with van der Waals surface area (Å²) in [5.41, 5.74) is -0.481. The average Bonchev–Trinajstić information content (AvgIpc) is 3.56. The van der Waals surface area contributed by atoms with Crippen LogP contribution in [0.2, 0.25) is 0 Å².